The summed E-state index contributed by atoms with van der Waals surface area (Å²) in [7, 11) is 0. The van der Waals surface area contributed by atoms with Crippen molar-refractivity contribution in [2.75, 3.05) is 6.54 Å². The van der Waals surface area contributed by atoms with Gasteiger partial charge in [-0.25, -0.2) is 0 Å². The first-order chi connectivity index (χ1) is 8.21. The summed E-state index contributed by atoms with van der Waals surface area (Å²) in [6.45, 7) is 1.05. The molecule has 1 aromatic rings. The molecule has 0 unspecified atom stereocenters. The molecule has 0 aliphatic heterocycles. The predicted octanol–water partition coefficient (Wildman–Crippen LogP) is 1.81. The molecule has 1 N–H and O–H groups in total. The van der Waals surface area contributed by atoms with Crippen molar-refractivity contribution in [2.24, 2.45) is 0 Å². The number of carbonyl (C=O) groups excluding carboxylic acids is 3. The molecule has 0 atom stereocenters. The van der Waals surface area contributed by atoms with Crippen LogP contribution in [0.5, 0.6) is 0 Å². The van der Waals surface area contributed by atoms with Crippen molar-refractivity contribution in [1.29, 1.82) is 0 Å². The van der Waals surface area contributed by atoms with Gasteiger partial charge in [0.25, 0.3) is 11.7 Å². The topological polar surface area (TPSA) is 63.2 Å². The fourth-order valence-corrected chi connectivity index (χ4v) is 1.90. The molecule has 1 amide bonds. The van der Waals surface area contributed by atoms with Crippen LogP contribution >= 0.6 is 11.3 Å². The number of halogens is 3. The Kier molecular flexibility index (Phi) is 4.23. The molecule has 0 fully saturated rings. The van der Waals surface area contributed by atoms with E-state index in [0.29, 0.717) is 11.3 Å². The molecule has 0 aliphatic carbocycles. The van der Waals surface area contributed by atoms with E-state index in [1.54, 1.807) is 0 Å². The zero-order valence-electron chi connectivity index (χ0n) is 9.13. The van der Waals surface area contributed by atoms with Crippen molar-refractivity contribution in [1.82, 2.24) is 5.32 Å². The summed E-state index contributed by atoms with van der Waals surface area (Å²) < 4.78 is 36.3. The molecule has 1 aromatic heterocycles. The maximum atomic E-state index is 12.1. The number of thiophene rings is 1. The summed E-state index contributed by atoms with van der Waals surface area (Å²) in [5.41, 5.74) is 0. The van der Waals surface area contributed by atoms with Crippen LogP contribution in [0.3, 0.4) is 0 Å². The number of hydrogen-bond acceptors (Lipinski definition) is 4. The molecule has 98 valence electrons. The number of alkyl halides is 3. The minimum atomic E-state index is -4.96. The minimum Gasteiger partial charge on any atom is -0.344 e. The van der Waals surface area contributed by atoms with Gasteiger partial charge in [-0.2, -0.15) is 13.2 Å². The van der Waals surface area contributed by atoms with Gasteiger partial charge in [-0.05, 0) is 19.1 Å². The quantitative estimate of drug-likeness (QED) is 0.855. The van der Waals surface area contributed by atoms with Gasteiger partial charge in [0.1, 0.15) is 5.78 Å². The van der Waals surface area contributed by atoms with E-state index in [0.717, 1.165) is 12.1 Å². The van der Waals surface area contributed by atoms with E-state index in [1.807, 2.05) is 0 Å². The standard InChI is InChI=1S/C10H8F3NO3S/c1-5(15)4-14-9(17)7-3-2-6(18-7)8(16)10(11,12)13/h2-3H,4H2,1H3,(H,14,17). The zero-order chi connectivity index (χ0) is 13.9. The number of carbonyl (C=O) groups is 3. The summed E-state index contributed by atoms with van der Waals surface area (Å²) in [6, 6.07) is 2.04. The number of hydrogen-bond donors (Lipinski definition) is 1. The molecular formula is C10H8F3NO3S. The second-order valence-corrected chi connectivity index (χ2v) is 4.46. The molecule has 0 aliphatic rings. The Balaban J connectivity index is 2.78. The van der Waals surface area contributed by atoms with Crippen LogP contribution < -0.4 is 5.32 Å². The van der Waals surface area contributed by atoms with Crippen LogP contribution in [0.2, 0.25) is 0 Å². The summed E-state index contributed by atoms with van der Waals surface area (Å²) in [6.07, 6.45) is -4.96. The van der Waals surface area contributed by atoms with Gasteiger partial charge in [0.05, 0.1) is 16.3 Å². The van der Waals surface area contributed by atoms with Crippen molar-refractivity contribution >= 4 is 28.8 Å². The number of nitrogens with one attached hydrogen (secondary N) is 1. The van der Waals surface area contributed by atoms with Gasteiger partial charge in [-0.3, -0.25) is 14.4 Å². The highest BCUT2D eigenvalue weighted by molar-refractivity contribution is 7.16. The molecular weight excluding hydrogens is 271 g/mol. The van der Waals surface area contributed by atoms with Crippen LogP contribution in [0.25, 0.3) is 0 Å². The van der Waals surface area contributed by atoms with E-state index < -0.39 is 22.7 Å². The Morgan fingerprint density at radius 2 is 1.78 bits per heavy atom. The van der Waals surface area contributed by atoms with Gasteiger partial charge >= 0.3 is 6.18 Å². The Hall–Kier alpha value is -1.70. The van der Waals surface area contributed by atoms with Crippen molar-refractivity contribution < 1.29 is 27.6 Å². The van der Waals surface area contributed by atoms with Crippen molar-refractivity contribution in [2.45, 2.75) is 13.1 Å². The molecule has 1 heterocycles. The van der Waals surface area contributed by atoms with Gasteiger partial charge < -0.3 is 5.32 Å². The van der Waals surface area contributed by atoms with E-state index in [-0.39, 0.29) is 17.2 Å². The van der Waals surface area contributed by atoms with Crippen molar-refractivity contribution in [3.63, 3.8) is 0 Å². The highest BCUT2D eigenvalue weighted by atomic mass is 32.1. The second kappa shape index (κ2) is 5.30. The third kappa shape index (κ3) is 3.66. The van der Waals surface area contributed by atoms with E-state index in [1.165, 1.54) is 6.92 Å². The van der Waals surface area contributed by atoms with Crippen LogP contribution in [0.1, 0.15) is 26.3 Å². The summed E-state index contributed by atoms with van der Waals surface area (Å²) in [4.78, 5) is 32.3. The Morgan fingerprint density at radius 1 is 1.22 bits per heavy atom. The monoisotopic (exact) mass is 279 g/mol. The van der Waals surface area contributed by atoms with Gasteiger partial charge in [0.2, 0.25) is 0 Å². The van der Waals surface area contributed by atoms with Gasteiger partial charge in [-0.1, -0.05) is 0 Å². The van der Waals surface area contributed by atoms with E-state index >= 15 is 0 Å². The molecule has 0 spiro atoms. The van der Waals surface area contributed by atoms with Gasteiger partial charge in [0, 0.05) is 0 Å². The molecule has 0 bridgehead atoms. The highest BCUT2D eigenvalue weighted by Crippen LogP contribution is 2.26. The summed E-state index contributed by atoms with van der Waals surface area (Å²) in [5.74, 6) is -2.96. The highest BCUT2D eigenvalue weighted by Gasteiger charge is 2.40. The minimum absolute atomic E-state index is 0.0520. The average molecular weight is 279 g/mol. The summed E-state index contributed by atoms with van der Waals surface area (Å²) >= 11 is 0.435. The lowest BCUT2D eigenvalue weighted by molar-refractivity contribution is -0.116. The third-order valence-corrected chi connectivity index (χ3v) is 2.89. The Bertz CT molecular complexity index is 493. The van der Waals surface area contributed by atoms with Crippen molar-refractivity contribution in [3.05, 3.63) is 21.9 Å². The maximum absolute atomic E-state index is 12.1. The average Bonchev–Trinajstić information content (AvgIpc) is 2.72. The van der Waals surface area contributed by atoms with Crippen LogP contribution in [0.4, 0.5) is 13.2 Å². The summed E-state index contributed by atoms with van der Waals surface area (Å²) in [5, 5.41) is 2.22. The number of Topliss-reactive ketones (excluding diaryl/α,β-unsaturated/α-hetero) is 2. The first-order valence-electron chi connectivity index (χ1n) is 4.71. The lowest BCUT2D eigenvalue weighted by Gasteiger charge is -2.01. The molecule has 0 radical (unpaired) electrons. The molecule has 18 heavy (non-hydrogen) atoms. The lowest BCUT2D eigenvalue weighted by Crippen LogP contribution is -2.27. The maximum Gasteiger partial charge on any atom is 0.455 e. The van der Waals surface area contributed by atoms with E-state index in [9.17, 15) is 27.6 Å². The number of ketones is 2. The molecule has 0 saturated carbocycles. The number of rotatable bonds is 4. The van der Waals surface area contributed by atoms with Crippen LogP contribution in [-0.2, 0) is 4.79 Å². The van der Waals surface area contributed by atoms with Crippen molar-refractivity contribution in [3.8, 4) is 0 Å². The molecule has 0 saturated heterocycles. The second-order valence-electron chi connectivity index (χ2n) is 3.38. The largest absolute Gasteiger partial charge is 0.455 e. The number of amides is 1. The Morgan fingerprint density at radius 3 is 2.28 bits per heavy atom. The van der Waals surface area contributed by atoms with E-state index in [4.69, 9.17) is 0 Å². The van der Waals surface area contributed by atoms with Gasteiger partial charge in [-0.15, -0.1) is 11.3 Å². The predicted molar refractivity (Wildman–Crippen MR) is 57.7 cm³/mol. The first kappa shape index (κ1) is 14.4. The third-order valence-electron chi connectivity index (χ3n) is 1.81. The zero-order valence-corrected chi connectivity index (χ0v) is 9.95. The molecule has 1 rings (SSSR count). The SMILES string of the molecule is CC(=O)CNC(=O)c1ccc(C(=O)C(F)(F)F)s1. The fraction of sp³-hybridized carbons (Fsp3) is 0.300. The Labute approximate surface area is 104 Å². The van der Waals surface area contributed by atoms with Gasteiger partial charge in [0.15, 0.2) is 0 Å². The molecule has 4 nitrogen and oxygen atoms in total. The van der Waals surface area contributed by atoms with Crippen LogP contribution in [0, 0.1) is 0 Å². The first-order valence-corrected chi connectivity index (χ1v) is 5.52. The van der Waals surface area contributed by atoms with Crippen LogP contribution in [-0.4, -0.2) is 30.2 Å². The normalized spacial score (nSPS) is 11.1. The lowest BCUT2D eigenvalue weighted by atomic mass is 10.3. The fourth-order valence-electron chi connectivity index (χ4n) is 1.01. The van der Waals surface area contributed by atoms with Crippen LogP contribution in [0.15, 0.2) is 12.1 Å². The molecule has 0 aromatic carbocycles. The smallest absolute Gasteiger partial charge is 0.344 e. The van der Waals surface area contributed by atoms with E-state index in [2.05, 4.69) is 5.32 Å². The molecule has 8 heteroatoms.